The number of pyridine rings is 4. The zero-order valence-corrected chi connectivity index (χ0v) is 71.9. The Bertz CT molecular complexity index is 6130. The number of piperazine rings is 1. The highest BCUT2D eigenvalue weighted by Crippen LogP contribution is 2.36. The summed E-state index contributed by atoms with van der Waals surface area (Å²) < 4.78 is 5.16. The maximum Gasteiger partial charge on any atom is 0.291 e. The van der Waals surface area contributed by atoms with Gasteiger partial charge >= 0.3 is 0 Å². The van der Waals surface area contributed by atoms with Gasteiger partial charge in [-0.2, -0.15) is 0 Å². The van der Waals surface area contributed by atoms with Crippen molar-refractivity contribution in [1.29, 1.82) is 0 Å². The van der Waals surface area contributed by atoms with E-state index >= 15 is 0 Å². The van der Waals surface area contributed by atoms with E-state index in [2.05, 4.69) is 61.8 Å². The Hall–Kier alpha value is -12.6. The first-order valence-corrected chi connectivity index (χ1v) is 42.2. The van der Waals surface area contributed by atoms with Crippen LogP contribution in [-0.4, -0.2) is 164 Å². The zero-order valence-electron chi connectivity index (χ0n) is 65.0. The summed E-state index contributed by atoms with van der Waals surface area (Å²) in [5, 5.41) is 19.2. The molecule has 124 heavy (non-hydrogen) atoms. The van der Waals surface area contributed by atoms with Gasteiger partial charge in [0.25, 0.3) is 53.3 Å². The van der Waals surface area contributed by atoms with Gasteiger partial charge in [0.1, 0.15) is 6.61 Å². The molecule has 8 aromatic carbocycles. The van der Waals surface area contributed by atoms with Crippen molar-refractivity contribution in [2.45, 2.75) is 6.42 Å². The van der Waals surface area contributed by atoms with Gasteiger partial charge in [-0.15, -0.1) is 11.8 Å². The quantitative estimate of drug-likeness (QED) is 0.0524. The number of thioether (sulfide) groups is 1. The number of carbonyl (C=O) groups excluding carboxylic acids is 9. The average molecular weight is 1840 g/mol. The molecule has 12 aromatic rings. The van der Waals surface area contributed by atoms with Crippen molar-refractivity contribution in [1.82, 2.24) is 45.3 Å². The van der Waals surface area contributed by atoms with E-state index in [1.807, 2.05) is 66.7 Å². The van der Waals surface area contributed by atoms with E-state index in [0.29, 0.717) is 149 Å². The summed E-state index contributed by atoms with van der Waals surface area (Å²) >= 11 is 52.1. The summed E-state index contributed by atoms with van der Waals surface area (Å²) in [6.45, 7) is 3.80. The van der Waals surface area contributed by atoms with Gasteiger partial charge < -0.3 is 41.1 Å². The smallest absolute Gasteiger partial charge is 0.291 e. The lowest BCUT2D eigenvalue weighted by Crippen LogP contribution is -2.49. The van der Waals surface area contributed by atoms with Crippen LogP contribution >= 0.6 is 105 Å². The van der Waals surface area contributed by atoms with Crippen molar-refractivity contribution in [3.63, 3.8) is 0 Å². The number of hydrogen-bond donors (Lipinski definition) is 6. The van der Waals surface area contributed by atoms with Crippen LogP contribution < -0.4 is 31.9 Å². The standard InChI is InChI=1S/C23H18Cl2N4O3.C23H18Cl2N4O2.C22H16Cl2N4O3.C22H17Cl2N3O2S/c24-18-7-5-15(12-17(18)20-3-1-2-8-26-20)28-22(31)16-6-4-14(11-19(16)25)23(32)29-10-9-27-21(30)13-29;24-19-8-6-16(13-18(19)21-4-1-2-10-27-21)28-22(30)17-7-5-15(12-20(17)25)23(31)29-11-3-9-26-14-29;23-17-7-5-14(12-16(17)19-3-1-2-8-25-19)27-21(30)15-6-4-13(11-18(15)24)20(29)28-22-26-9-10-31-22;23-18-7-5-15(12-17(18)20-3-1-2-8-25-20)26-21(28)16-6-4-14(11-19(16)24)22(29)27-9-10-30-13-27/h1-8,11-12H,9-10,13H2,(H,27,30)(H,28,31);1-2,4-8,10,12-14H,3,9,11H2,(H,28,30);1-8,11-12H,9-10H2,(H,27,30)(H,26,28,29);1-8,11-12H,9-10,13H2,(H,26,28). The number of nitrogens with one attached hydrogen (secondary N) is 6. The van der Waals surface area contributed by atoms with Gasteiger partial charge in [0.05, 0.1) is 111 Å². The lowest BCUT2D eigenvalue weighted by molar-refractivity contribution is -0.123. The number of anilines is 4. The molecule has 0 spiro atoms. The number of benzene rings is 8. The van der Waals surface area contributed by atoms with Crippen LogP contribution in [0.2, 0.25) is 40.2 Å². The molecule has 25 nitrogen and oxygen atoms in total. The van der Waals surface area contributed by atoms with E-state index in [1.165, 1.54) is 47.4 Å². The maximum absolute atomic E-state index is 12.8. The van der Waals surface area contributed by atoms with Crippen LogP contribution in [0.3, 0.4) is 0 Å². The molecule has 0 atom stereocenters. The largest absolute Gasteiger partial charge is 0.463 e. The fourth-order valence-corrected chi connectivity index (χ4v) is 15.5. The van der Waals surface area contributed by atoms with Gasteiger partial charge in [0.2, 0.25) is 5.91 Å². The number of carbonyl (C=O) groups is 9. The summed E-state index contributed by atoms with van der Waals surface area (Å²) in [6, 6.07) is 61.0. The number of rotatable bonds is 16. The number of amidine groups is 1. The summed E-state index contributed by atoms with van der Waals surface area (Å²) in [7, 11) is 0. The number of aromatic nitrogens is 4. The number of amides is 9. The molecule has 626 valence electrons. The van der Waals surface area contributed by atoms with E-state index in [0.717, 1.165) is 25.3 Å². The lowest BCUT2D eigenvalue weighted by Gasteiger charge is -2.26. The van der Waals surface area contributed by atoms with Crippen LogP contribution in [0, 0.1) is 0 Å². The normalized spacial score (nSPS) is 13.1. The Balaban J connectivity index is 0.000000142. The minimum absolute atomic E-state index is 0.00609. The number of nitrogens with zero attached hydrogens (tertiary/aromatic N) is 9. The SMILES string of the molecule is O=C(NC1=NCCO1)c1ccc(C(=O)Nc2ccc(Cl)c(-c3ccccn3)c2)c(Cl)c1.O=C(Nc1ccc(Cl)c(-c2ccccn2)c1)c1ccc(C(=O)N2C=NCCC2)cc1Cl.O=C(Nc1ccc(Cl)c(-c2ccccn2)c1)c1ccc(C(=O)N2CCSC2)cc1Cl.O=C1CN(C(=O)c2ccc(C(=O)Nc3ccc(Cl)c(-c4ccccn4)c3)c(Cl)c2)CCN1. The van der Waals surface area contributed by atoms with E-state index in [4.69, 9.17) is 97.5 Å². The number of hydrogen-bond acceptors (Lipinski definition) is 17. The zero-order chi connectivity index (χ0) is 87.3. The molecule has 4 aliphatic rings. The minimum Gasteiger partial charge on any atom is -0.463 e. The summed E-state index contributed by atoms with van der Waals surface area (Å²) in [5.41, 5.74) is 10.2. The van der Waals surface area contributed by atoms with E-state index in [1.54, 1.807) is 162 Å². The topological polar surface area (TPSA) is 321 Å². The molecule has 34 heteroatoms. The second-order valence-electron chi connectivity index (χ2n) is 27.3. The highest BCUT2D eigenvalue weighted by molar-refractivity contribution is 7.99. The molecule has 0 aliphatic carbocycles. The predicted octanol–water partition coefficient (Wildman–Crippen LogP) is 18.9. The van der Waals surface area contributed by atoms with Crippen LogP contribution in [-0.2, 0) is 9.53 Å². The molecule has 0 saturated carbocycles. The second kappa shape index (κ2) is 42.5. The van der Waals surface area contributed by atoms with Crippen LogP contribution in [0.1, 0.15) is 89.3 Å². The monoisotopic (exact) mass is 1830 g/mol. The first-order chi connectivity index (χ1) is 60.0. The number of ether oxygens (including phenoxy) is 1. The minimum atomic E-state index is -0.430. The lowest BCUT2D eigenvalue weighted by atomic mass is 10.1. The number of halogens is 8. The summed E-state index contributed by atoms with van der Waals surface area (Å²) in [6.07, 6.45) is 9.05. The molecule has 2 saturated heterocycles. The van der Waals surface area contributed by atoms with Crippen molar-refractivity contribution >= 4 is 193 Å². The fraction of sp³-hybridized carbons (Fsp3) is 0.122. The van der Waals surface area contributed by atoms with Crippen LogP contribution in [0.25, 0.3) is 45.0 Å². The molecule has 0 bridgehead atoms. The molecular formula is C90H69Cl8N15O10S. The Morgan fingerprint density at radius 1 is 0.379 bits per heavy atom. The van der Waals surface area contributed by atoms with E-state index < -0.39 is 23.6 Å². The van der Waals surface area contributed by atoms with Gasteiger partial charge in [-0.05, 0) is 201 Å². The average Bonchev–Trinajstić information content (AvgIpc) is 1.05. The Morgan fingerprint density at radius 3 is 1.09 bits per heavy atom. The molecule has 2 fully saturated rings. The van der Waals surface area contributed by atoms with Crippen LogP contribution in [0.4, 0.5) is 22.7 Å². The van der Waals surface area contributed by atoms with Crippen LogP contribution in [0.5, 0.6) is 0 Å². The highest BCUT2D eigenvalue weighted by atomic mass is 35.5. The Morgan fingerprint density at radius 2 is 0.758 bits per heavy atom. The summed E-state index contributed by atoms with van der Waals surface area (Å²) in [4.78, 5) is 143. The first-order valence-electron chi connectivity index (χ1n) is 38.0. The molecule has 8 heterocycles. The highest BCUT2D eigenvalue weighted by Gasteiger charge is 2.27. The van der Waals surface area contributed by atoms with Crippen molar-refractivity contribution < 1.29 is 47.9 Å². The molecule has 0 unspecified atom stereocenters. The molecule has 9 amide bonds. The second-order valence-corrected chi connectivity index (χ2v) is 31.6. The molecular weight excluding hydrogens is 1770 g/mol. The third-order valence-electron chi connectivity index (χ3n) is 18.9. The van der Waals surface area contributed by atoms with Gasteiger partial charge in [0.15, 0.2) is 0 Å². The van der Waals surface area contributed by atoms with Gasteiger partial charge in [-0.3, -0.25) is 78.3 Å². The molecule has 0 radical (unpaired) electrons. The van der Waals surface area contributed by atoms with Crippen molar-refractivity contribution in [3.8, 4) is 45.0 Å². The fourth-order valence-electron chi connectivity index (χ4n) is 12.6. The Kier molecular flexibility index (Phi) is 30.5. The van der Waals surface area contributed by atoms with Crippen molar-refractivity contribution in [3.05, 3.63) is 328 Å². The molecule has 4 aliphatic heterocycles. The Labute approximate surface area is 754 Å². The van der Waals surface area contributed by atoms with Gasteiger partial charge in [-0.1, -0.05) is 117 Å². The van der Waals surface area contributed by atoms with E-state index in [-0.39, 0.29) is 84.4 Å². The number of aliphatic imine (C=N–C) groups is 2. The van der Waals surface area contributed by atoms with Crippen molar-refractivity contribution in [2.24, 2.45) is 9.98 Å². The predicted molar refractivity (Wildman–Crippen MR) is 488 cm³/mol. The summed E-state index contributed by atoms with van der Waals surface area (Å²) in [5.74, 6) is -1.23. The molecule has 16 rings (SSSR count). The molecule has 6 N–H and O–H groups in total. The third-order valence-corrected chi connectivity index (χ3v) is 22.4. The third kappa shape index (κ3) is 23.2. The first kappa shape index (κ1) is 89.2. The maximum atomic E-state index is 12.8. The van der Waals surface area contributed by atoms with Gasteiger partial charge in [0, 0.05) is 131 Å². The van der Waals surface area contributed by atoms with E-state index in [9.17, 15) is 43.2 Å². The van der Waals surface area contributed by atoms with Crippen LogP contribution in [0.15, 0.2) is 253 Å². The molecule has 4 aromatic heterocycles. The van der Waals surface area contributed by atoms with Gasteiger partial charge in [-0.25, -0.2) is 4.99 Å². The van der Waals surface area contributed by atoms with Crippen molar-refractivity contribution in [2.75, 3.05) is 85.3 Å².